The van der Waals surface area contributed by atoms with Gasteiger partial charge in [0, 0.05) is 5.69 Å². The van der Waals surface area contributed by atoms with Gasteiger partial charge in [-0.3, -0.25) is 14.4 Å². The number of carbonyl (C=O) groups is 5. The molecule has 1 saturated carbocycles. The summed E-state index contributed by atoms with van der Waals surface area (Å²) in [6, 6.07) is 12.2. The summed E-state index contributed by atoms with van der Waals surface area (Å²) >= 11 is 0. The van der Waals surface area contributed by atoms with Crippen molar-refractivity contribution in [3.05, 3.63) is 71.8 Å². The highest BCUT2D eigenvalue weighted by molar-refractivity contribution is 6.23. The molecule has 0 unspecified atom stereocenters. The maximum atomic E-state index is 13.0. The molecule has 36 heavy (non-hydrogen) atoms. The lowest BCUT2D eigenvalue weighted by molar-refractivity contribution is -0.123. The number of allylic oxidation sites excluding steroid dienone is 2. The van der Waals surface area contributed by atoms with E-state index < -0.39 is 24.5 Å². The van der Waals surface area contributed by atoms with Crippen molar-refractivity contribution in [2.45, 2.75) is 13.3 Å². The molecule has 1 N–H and O–H groups in total. The van der Waals surface area contributed by atoms with Crippen LogP contribution in [0.4, 0.5) is 11.4 Å². The third-order valence-electron chi connectivity index (χ3n) is 6.82. The van der Waals surface area contributed by atoms with Crippen molar-refractivity contribution in [2.24, 2.45) is 23.7 Å². The average molecular weight is 488 g/mol. The molecule has 3 aliphatic rings. The number of rotatable bonds is 7. The van der Waals surface area contributed by atoms with E-state index in [0.717, 1.165) is 6.42 Å². The molecule has 1 aliphatic heterocycles. The summed E-state index contributed by atoms with van der Waals surface area (Å²) in [5, 5.41) is 2.58. The van der Waals surface area contributed by atoms with Gasteiger partial charge in [0.05, 0.1) is 35.3 Å². The fourth-order valence-electron chi connectivity index (χ4n) is 5.24. The standard InChI is InChI=1S/C27H24N2O7/c1-2-35-26(33)15-8-10-19(11-9-15)28-21(30)14-36-27(34)18-4-3-5-20(13-18)29-24(31)22-16-6-7-17(12-16)23(22)25(29)32/h3-11,13,16-17,22-23H,2,12,14H2,1H3,(H,28,30)/t16-,17-,22-,23+/m0/s1. The highest BCUT2D eigenvalue weighted by Crippen LogP contribution is 2.53. The zero-order valence-corrected chi connectivity index (χ0v) is 19.5. The van der Waals surface area contributed by atoms with Crippen LogP contribution < -0.4 is 10.2 Å². The number of nitrogens with one attached hydrogen (secondary N) is 1. The molecule has 2 aromatic rings. The summed E-state index contributed by atoms with van der Waals surface area (Å²) in [6.07, 6.45) is 4.88. The predicted octanol–water partition coefficient (Wildman–Crippen LogP) is 2.97. The molecule has 4 atom stereocenters. The van der Waals surface area contributed by atoms with E-state index in [1.807, 2.05) is 12.2 Å². The molecule has 184 valence electrons. The molecule has 3 amide bonds. The van der Waals surface area contributed by atoms with Crippen molar-refractivity contribution in [1.82, 2.24) is 0 Å². The molecule has 0 aromatic heterocycles. The number of nitrogens with zero attached hydrogens (tertiary/aromatic N) is 1. The maximum absolute atomic E-state index is 13.0. The van der Waals surface area contributed by atoms with E-state index in [0.29, 0.717) is 16.9 Å². The van der Waals surface area contributed by atoms with Gasteiger partial charge in [0.25, 0.3) is 5.91 Å². The second kappa shape index (κ2) is 9.41. The molecule has 0 spiro atoms. The molecular formula is C27H24N2O7. The number of benzene rings is 2. The smallest absolute Gasteiger partial charge is 0.338 e. The van der Waals surface area contributed by atoms with Crippen LogP contribution in [0.25, 0.3) is 0 Å². The van der Waals surface area contributed by atoms with E-state index in [1.54, 1.807) is 19.1 Å². The summed E-state index contributed by atoms with van der Waals surface area (Å²) in [4.78, 5) is 63.7. The van der Waals surface area contributed by atoms with Crippen LogP contribution in [-0.2, 0) is 23.9 Å². The highest BCUT2D eigenvalue weighted by atomic mass is 16.5. The largest absolute Gasteiger partial charge is 0.462 e. The topological polar surface area (TPSA) is 119 Å². The monoisotopic (exact) mass is 488 g/mol. The van der Waals surface area contributed by atoms with Crippen LogP contribution in [-0.4, -0.2) is 42.9 Å². The Balaban J connectivity index is 1.19. The van der Waals surface area contributed by atoms with Gasteiger partial charge < -0.3 is 14.8 Å². The summed E-state index contributed by atoms with van der Waals surface area (Å²) < 4.78 is 10.0. The molecule has 9 nitrogen and oxygen atoms in total. The molecule has 0 radical (unpaired) electrons. The Labute approximate surface area is 207 Å². The fourth-order valence-corrected chi connectivity index (χ4v) is 5.24. The zero-order chi connectivity index (χ0) is 25.4. The molecule has 2 fully saturated rings. The molecule has 2 aromatic carbocycles. The number of carbonyl (C=O) groups excluding carboxylic acids is 5. The Morgan fingerprint density at radius 1 is 0.889 bits per heavy atom. The van der Waals surface area contributed by atoms with Gasteiger partial charge >= 0.3 is 11.9 Å². The number of imide groups is 1. The van der Waals surface area contributed by atoms with Crippen molar-refractivity contribution in [3.8, 4) is 0 Å². The first kappa shape index (κ1) is 23.5. The number of ether oxygens (including phenoxy) is 2. The van der Waals surface area contributed by atoms with E-state index in [4.69, 9.17) is 9.47 Å². The second-order valence-electron chi connectivity index (χ2n) is 8.98. The van der Waals surface area contributed by atoms with Crippen LogP contribution >= 0.6 is 0 Å². The molecule has 5 rings (SSSR count). The van der Waals surface area contributed by atoms with E-state index in [-0.39, 0.29) is 47.7 Å². The molecule has 9 heteroatoms. The Bertz CT molecular complexity index is 1250. The molecular weight excluding hydrogens is 464 g/mol. The minimum Gasteiger partial charge on any atom is -0.462 e. The van der Waals surface area contributed by atoms with Crippen LogP contribution in [0.3, 0.4) is 0 Å². The van der Waals surface area contributed by atoms with Gasteiger partial charge in [-0.15, -0.1) is 0 Å². The SMILES string of the molecule is CCOC(=O)c1ccc(NC(=O)COC(=O)c2cccc(N3C(=O)[C@@H]4[C@H](C3=O)[C@H]3C=C[C@H]4C3)c2)cc1. The first-order valence-electron chi connectivity index (χ1n) is 11.8. The number of hydrogen-bond donors (Lipinski definition) is 1. The van der Waals surface area contributed by atoms with Gasteiger partial charge in [-0.05, 0) is 67.6 Å². The Hall–Kier alpha value is -4.27. The Morgan fingerprint density at radius 3 is 2.17 bits per heavy atom. The van der Waals surface area contributed by atoms with E-state index in [1.165, 1.54) is 41.3 Å². The van der Waals surface area contributed by atoms with Crippen LogP contribution in [0.2, 0.25) is 0 Å². The average Bonchev–Trinajstić information content (AvgIpc) is 3.56. The van der Waals surface area contributed by atoms with Crippen LogP contribution in [0, 0.1) is 23.7 Å². The van der Waals surface area contributed by atoms with Crippen molar-refractivity contribution < 1.29 is 33.4 Å². The minimum absolute atomic E-state index is 0.0921. The summed E-state index contributed by atoms with van der Waals surface area (Å²) in [6.45, 7) is 1.43. The molecule has 2 aliphatic carbocycles. The lowest BCUT2D eigenvalue weighted by Crippen LogP contribution is -2.33. The maximum Gasteiger partial charge on any atom is 0.338 e. The summed E-state index contributed by atoms with van der Waals surface area (Å²) in [5.74, 6) is -2.74. The Morgan fingerprint density at radius 2 is 1.53 bits per heavy atom. The summed E-state index contributed by atoms with van der Waals surface area (Å²) in [7, 11) is 0. The van der Waals surface area contributed by atoms with E-state index >= 15 is 0 Å². The zero-order valence-electron chi connectivity index (χ0n) is 19.5. The van der Waals surface area contributed by atoms with Crippen molar-refractivity contribution in [3.63, 3.8) is 0 Å². The second-order valence-corrected chi connectivity index (χ2v) is 8.98. The predicted molar refractivity (Wildman–Crippen MR) is 128 cm³/mol. The van der Waals surface area contributed by atoms with Gasteiger partial charge in [-0.1, -0.05) is 18.2 Å². The Kier molecular flexibility index (Phi) is 6.13. The first-order valence-corrected chi connectivity index (χ1v) is 11.8. The number of hydrogen-bond acceptors (Lipinski definition) is 7. The van der Waals surface area contributed by atoms with Gasteiger partial charge in [0.15, 0.2) is 6.61 Å². The molecule has 1 saturated heterocycles. The van der Waals surface area contributed by atoms with Gasteiger partial charge in [-0.2, -0.15) is 0 Å². The van der Waals surface area contributed by atoms with Crippen molar-refractivity contribution in [2.75, 3.05) is 23.4 Å². The third kappa shape index (κ3) is 4.17. The lowest BCUT2D eigenvalue weighted by Gasteiger charge is -2.18. The van der Waals surface area contributed by atoms with Crippen molar-refractivity contribution >= 4 is 41.0 Å². The molecule has 1 heterocycles. The number of amides is 3. The van der Waals surface area contributed by atoms with E-state index in [2.05, 4.69) is 5.32 Å². The summed E-state index contributed by atoms with van der Waals surface area (Å²) in [5.41, 5.74) is 1.21. The number of esters is 2. The highest BCUT2D eigenvalue weighted by Gasteiger charge is 2.59. The normalized spacial score (nSPS) is 23.5. The third-order valence-corrected chi connectivity index (χ3v) is 6.82. The van der Waals surface area contributed by atoms with Crippen LogP contribution in [0.1, 0.15) is 34.1 Å². The van der Waals surface area contributed by atoms with Gasteiger partial charge in [0.1, 0.15) is 0 Å². The van der Waals surface area contributed by atoms with E-state index in [9.17, 15) is 24.0 Å². The minimum atomic E-state index is -0.759. The van der Waals surface area contributed by atoms with Crippen LogP contribution in [0.15, 0.2) is 60.7 Å². The van der Waals surface area contributed by atoms with Crippen LogP contribution in [0.5, 0.6) is 0 Å². The van der Waals surface area contributed by atoms with Gasteiger partial charge in [-0.25, -0.2) is 14.5 Å². The van der Waals surface area contributed by atoms with Crippen molar-refractivity contribution in [1.29, 1.82) is 0 Å². The molecule has 2 bridgehead atoms. The fraction of sp³-hybridized carbons (Fsp3) is 0.296. The number of anilines is 2. The number of fused-ring (bicyclic) bond motifs is 5. The quantitative estimate of drug-likeness (QED) is 0.362. The van der Waals surface area contributed by atoms with Gasteiger partial charge in [0.2, 0.25) is 11.8 Å². The lowest BCUT2D eigenvalue weighted by atomic mass is 9.85. The first-order chi connectivity index (χ1) is 17.4.